The maximum atomic E-state index is 12.8. The molecule has 4 rings (SSSR count). The molecule has 0 spiro atoms. The first kappa shape index (κ1) is 19.9. The Bertz CT molecular complexity index is 1040. The van der Waals surface area contributed by atoms with Crippen LogP contribution in [0.3, 0.4) is 0 Å². The maximum absolute atomic E-state index is 12.8. The molecule has 7 heteroatoms. The highest BCUT2D eigenvalue weighted by Gasteiger charge is 2.22. The van der Waals surface area contributed by atoms with Crippen LogP contribution in [0.25, 0.3) is 11.0 Å². The molecule has 29 heavy (non-hydrogen) atoms. The molecule has 1 aromatic carbocycles. The topological polar surface area (TPSA) is 63.1 Å². The fraction of sp³-hybridized carbons (Fsp3) is 0.409. The maximum Gasteiger partial charge on any atom is 0.258 e. The average Bonchev–Trinajstić information content (AvgIpc) is 3.02. The van der Waals surface area contributed by atoms with Crippen molar-refractivity contribution in [3.05, 3.63) is 52.3 Å². The largest absolute Gasteiger partial charge is 0.322 e. The number of rotatable bonds is 4. The molecule has 152 valence electrons. The molecular formula is C22H26ClN5O. The number of carbonyl (C=O) groups excluding carboxylic acids is 1. The van der Waals surface area contributed by atoms with Gasteiger partial charge in [0.1, 0.15) is 0 Å². The van der Waals surface area contributed by atoms with Gasteiger partial charge in [0.2, 0.25) is 0 Å². The molecule has 0 unspecified atom stereocenters. The van der Waals surface area contributed by atoms with Gasteiger partial charge < -0.3 is 10.2 Å². The van der Waals surface area contributed by atoms with E-state index in [9.17, 15) is 4.79 Å². The second-order valence-corrected chi connectivity index (χ2v) is 8.40. The summed E-state index contributed by atoms with van der Waals surface area (Å²) in [5.41, 5.74) is 3.78. The van der Waals surface area contributed by atoms with Crippen LogP contribution >= 0.6 is 11.6 Å². The van der Waals surface area contributed by atoms with Crippen LogP contribution in [0.4, 0.5) is 5.69 Å². The molecule has 3 aromatic rings. The molecule has 1 saturated heterocycles. The van der Waals surface area contributed by atoms with Crippen LogP contribution in [-0.2, 0) is 6.54 Å². The van der Waals surface area contributed by atoms with Crippen molar-refractivity contribution in [3.63, 3.8) is 0 Å². The number of hydrogen-bond acceptors (Lipinski definition) is 4. The van der Waals surface area contributed by atoms with Gasteiger partial charge in [-0.3, -0.25) is 4.79 Å². The van der Waals surface area contributed by atoms with Gasteiger partial charge in [0, 0.05) is 18.4 Å². The molecule has 2 aromatic heterocycles. The predicted octanol–water partition coefficient (Wildman–Crippen LogP) is 4.30. The number of aromatic nitrogens is 3. The number of piperidine rings is 1. The second kappa shape index (κ2) is 8.13. The second-order valence-electron chi connectivity index (χ2n) is 8.02. The van der Waals surface area contributed by atoms with Crippen LogP contribution in [0.15, 0.2) is 30.5 Å². The van der Waals surface area contributed by atoms with Gasteiger partial charge in [0.05, 0.1) is 21.7 Å². The summed E-state index contributed by atoms with van der Waals surface area (Å²) in [6.45, 7) is 6.98. The van der Waals surface area contributed by atoms with Crippen LogP contribution in [0, 0.1) is 19.8 Å². The molecule has 6 nitrogen and oxygen atoms in total. The van der Waals surface area contributed by atoms with E-state index < -0.39 is 0 Å². The van der Waals surface area contributed by atoms with Crippen LogP contribution in [-0.4, -0.2) is 45.7 Å². The average molecular weight is 412 g/mol. The third-order valence-corrected chi connectivity index (χ3v) is 6.09. The zero-order valence-electron chi connectivity index (χ0n) is 17.1. The summed E-state index contributed by atoms with van der Waals surface area (Å²) < 4.78 is 1.95. The number of nitrogens with one attached hydrogen (secondary N) is 1. The van der Waals surface area contributed by atoms with Crippen molar-refractivity contribution in [2.75, 3.05) is 25.5 Å². The first-order chi connectivity index (χ1) is 13.9. The van der Waals surface area contributed by atoms with Gasteiger partial charge in [-0.1, -0.05) is 29.3 Å². The van der Waals surface area contributed by atoms with Crippen LogP contribution in [0.5, 0.6) is 0 Å². The molecule has 0 bridgehead atoms. The summed E-state index contributed by atoms with van der Waals surface area (Å²) in [7, 11) is 2.16. The number of carbonyl (C=O) groups is 1. The fourth-order valence-electron chi connectivity index (χ4n) is 3.88. The number of aryl methyl sites for hydroxylation is 2. The molecule has 0 radical (unpaired) electrons. The number of halogens is 1. The Morgan fingerprint density at radius 1 is 1.21 bits per heavy atom. The van der Waals surface area contributed by atoms with Crippen molar-refractivity contribution >= 4 is 34.2 Å². The third-order valence-electron chi connectivity index (χ3n) is 5.70. The van der Waals surface area contributed by atoms with Crippen LogP contribution in [0.2, 0.25) is 5.02 Å². The van der Waals surface area contributed by atoms with Gasteiger partial charge in [-0.25, -0.2) is 9.67 Å². The highest BCUT2D eigenvalue weighted by Crippen LogP contribution is 2.30. The highest BCUT2D eigenvalue weighted by atomic mass is 35.5. The van der Waals surface area contributed by atoms with Crippen molar-refractivity contribution in [2.24, 2.45) is 5.92 Å². The molecule has 1 aliphatic rings. The molecule has 3 heterocycles. The third kappa shape index (κ3) is 4.14. The number of pyridine rings is 1. The molecule has 1 amide bonds. The van der Waals surface area contributed by atoms with Gasteiger partial charge in [0.25, 0.3) is 5.91 Å². The number of nitrogens with zero attached hydrogens (tertiary/aromatic N) is 4. The Hall–Kier alpha value is -2.44. The molecule has 0 saturated carbocycles. The summed E-state index contributed by atoms with van der Waals surface area (Å²) in [6.07, 6.45) is 3.86. The van der Waals surface area contributed by atoms with Crippen molar-refractivity contribution in [3.8, 4) is 0 Å². The summed E-state index contributed by atoms with van der Waals surface area (Å²) in [6, 6.07) is 7.65. The monoisotopic (exact) mass is 411 g/mol. The fourth-order valence-corrected chi connectivity index (χ4v) is 4.24. The smallest absolute Gasteiger partial charge is 0.258 e. The first-order valence-electron chi connectivity index (χ1n) is 10.0. The van der Waals surface area contributed by atoms with E-state index in [-0.39, 0.29) is 5.91 Å². The van der Waals surface area contributed by atoms with E-state index in [1.165, 1.54) is 0 Å². The molecule has 0 aliphatic carbocycles. The molecule has 0 atom stereocenters. The lowest BCUT2D eigenvalue weighted by Gasteiger charge is -2.28. The lowest BCUT2D eigenvalue weighted by atomic mass is 9.97. The van der Waals surface area contributed by atoms with Crippen molar-refractivity contribution < 1.29 is 4.79 Å². The molecular weight excluding hydrogens is 386 g/mol. The van der Waals surface area contributed by atoms with Gasteiger partial charge in [-0.15, -0.1) is 0 Å². The number of likely N-dealkylation sites (tertiary alicyclic amines) is 1. The van der Waals surface area contributed by atoms with Gasteiger partial charge in [-0.2, -0.15) is 5.10 Å². The SMILES string of the molecule is Cc1ccc(NC(=O)c2cnc3c(c(C)nn3CC3CCN(C)CC3)c2Cl)cc1. The molecule has 1 fully saturated rings. The zero-order valence-corrected chi connectivity index (χ0v) is 17.8. The summed E-state index contributed by atoms with van der Waals surface area (Å²) in [5, 5.41) is 8.74. The minimum Gasteiger partial charge on any atom is -0.322 e. The Kier molecular flexibility index (Phi) is 5.56. The van der Waals surface area contributed by atoms with Gasteiger partial charge in [0.15, 0.2) is 5.65 Å². The minimum absolute atomic E-state index is 0.268. The Morgan fingerprint density at radius 3 is 2.59 bits per heavy atom. The Labute approximate surface area is 175 Å². The van der Waals surface area contributed by atoms with E-state index >= 15 is 0 Å². The predicted molar refractivity (Wildman–Crippen MR) is 117 cm³/mol. The van der Waals surface area contributed by atoms with Gasteiger partial charge >= 0.3 is 0 Å². The Balaban J connectivity index is 1.59. The quantitative estimate of drug-likeness (QED) is 0.695. The van der Waals surface area contributed by atoms with E-state index in [1.54, 1.807) is 6.20 Å². The van der Waals surface area contributed by atoms with Crippen LogP contribution in [0.1, 0.15) is 34.5 Å². The number of benzene rings is 1. The number of hydrogen-bond donors (Lipinski definition) is 1. The first-order valence-corrected chi connectivity index (χ1v) is 10.4. The van der Waals surface area contributed by atoms with Crippen molar-refractivity contribution in [2.45, 2.75) is 33.2 Å². The van der Waals surface area contributed by atoms with Crippen LogP contribution < -0.4 is 5.32 Å². The molecule has 1 aliphatic heterocycles. The van der Waals surface area contributed by atoms with E-state index in [1.807, 2.05) is 42.8 Å². The van der Waals surface area contributed by atoms with E-state index in [4.69, 9.17) is 11.6 Å². The Morgan fingerprint density at radius 2 is 1.90 bits per heavy atom. The standard InChI is InChI=1S/C22H26ClN5O/c1-14-4-6-17(7-5-14)25-22(29)18-12-24-21-19(20(18)23)15(2)26-28(21)13-16-8-10-27(3)11-9-16/h4-7,12,16H,8-11,13H2,1-3H3,(H,25,29). The summed E-state index contributed by atoms with van der Waals surface area (Å²) >= 11 is 6.65. The highest BCUT2D eigenvalue weighted by molar-refractivity contribution is 6.39. The number of fused-ring (bicyclic) bond motifs is 1. The lowest BCUT2D eigenvalue weighted by Crippen LogP contribution is -2.32. The van der Waals surface area contributed by atoms with E-state index in [2.05, 4.69) is 27.3 Å². The van der Waals surface area contributed by atoms with E-state index in [0.29, 0.717) is 16.5 Å². The summed E-state index contributed by atoms with van der Waals surface area (Å²) in [5.74, 6) is 0.314. The van der Waals surface area contributed by atoms with E-state index in [0.717, 1.165) is 60.5 Å². The summed E-state index contributed by atoms with van der Waals surface area (Å²) in [4.78, 5) is 19.7. The van der Waals surface area contributed by atoms with Crippen molar-refractivity contribution in [1.82, 2.24) is 19.7 Å². The normalized spacial score (nSPS) is 15.7. The minimum atomic E-state index is -0.268. The van der Waals surface area contributed by atoms with Gasteiger partial charge in [-0.05, 0) is 64.9 Å². The lowest BCUT2D eigenvalue weighted by molar-refractivity contribution is 0.102. The molecule has 1 N–H and O–H groups in total. The number of amides is 1. The van der Waals surface area contributed by atoms with Crippen molar-refractivity contribution in [1.29, 1.82) is 0 Å². The zero-order chi connectivity index (χ0) is 20.5. The number of anilines is 1.